The van der Waals surface area contributed by atoms with Gasteiger partial charge in [0.15, 0.2) is 11.6 Å². The van der Waals surface area contributed by atoms with Crippen LogP contribution in [0.5, 0.6) is 0 Å². The Kier molecular flexibility index (Phi) is 4.13. The van der Waals surface area contributed by atoms with Crippen LogP contribution in [0.2, 0.25) is 0 Å². The van der Waals surface area contributed by atoms with Gasteiger partial charge >= 0.3 is 0 Å². The number of fused-ring (bicyclic) bond motifs is 1. The van der Waals surface area contributed by atoms with Gasteiger partial charge in [-0.25, -0.2) is 4.98 Å². The van der Waals surface area contributed by atoms with Crippen molar-refractivity contribution in [2.45, 2.75) is 25.5 Å². The third-order valence-corrected chi connectivity index (χ3v) is 4.59. The van der Waals surface area contributed by atoms with Crippen molar-refractivity contribution in [3.05, 3.63) is 51.6 Å². The molecule has 1 atom stereocenters. The fraction of sp³-hybridized carbons (Fsp3) is 0.312. The molecule has 1 fully saturated rings. The minimum Gasteiger partial charge on any atom is -0.370 e. The van der Waals surface area contributed by atoms with Gasteiger partial charge in [-0.3, -0.25) is 4.40 Å². The topological polar surface area (TPSA) is 64.3 Å². The lowest BCUT2D eigenvalue weighted by molar-refractivity contribution is 0.104. The lowest BCUT2D eigenvalue weighted by atomic mass is 10.2. The van der Waals surface area contributed by atoms with Gasteiger partial charge in [0.05, 0.1) is 0 Å². The first-order valence-corrected chi connectivity index (χ1v) is 8.69. The van der Waals surface area contributed by atoms with Crippen LogP contribution in [0.25, 0.3) is 5.65 Å². The quantitative estimate of drug-likeness (QED) is 0.656. The molecular formula is C16H16IN5O. The van der Waals surface area contributed by atoms with Gasteiger partial charge in [-0.05, 0) is 53.1 Å². The number of ether oxygens (including phenoxy) is 1. The van der Waals surface area contributed by atoms with Crippen molar-refractivity contribution in [3.8, 4) is 0 Å². The van der Waals surface area contributed by atoms with Crippen LogP contribution in [-0.4, -0.2) is 26.2 Å². The summed E-state index contributed by atoms with van der Waals surface area (Å²) in [7, 11) is 0. The number of hydrogen-bond acceptors (Lipinski definition) is 5. The molecule has 4 rings (SSSR count). The molecule has 1 aromatic carbocycles. The Labute approximate surface area is 147 Å². The smallest absolute Gasteiger partial charge is 0.203 e. The molecule has 0 bridgehead atoms. The van der Waals surface area contributed by atoms with Crippen LogP contribution in [0.15, 0.2) is 36.7 Å². The second-order valence-corrected chi connectivity index (χ2v) is 6.76. The average Bonchev–Trinajstić information content (AvgIpc) is 3.22. The zero-order valence-electron chi connectivity index (χ0n) is 12.4. The number of nitrogens with zero attached hydrogens (tertiary/aromatic N) is 4. The number of aromatic nitrogens is 4. The van der Waals surface area contributed by atoms with Crippen molar-refractivity contribution in [3.63, 3.8) is 0 Å². The molecule has 1 aliphatic heterocycles. The zero-order chi connectivity index (χ0) is 15.6. The molecule has 0 unspecified atom stereocenters. The van der Waals surface area contributed by atoms with Crippen molar-refractivity contribution >= 4 is 34.1 Å². The molecule has 23 heavy (non-hydrogen) atoms. The highest BCUT2D eigenvalue weighted by atomic mass is 127. The minimum absolute atomic E-state index is 0.0379. The molecule has 1 aliphatic rings. The number of hydrogen-bond donors (Lipinski definition) is 1. The standard InChI is InChI=1S/C16H16IN5O/c17-12-4-1-3-11(9-12)10-19-14-16-21-20-15(13-5-2-8-23-13)22(16)7-6-18-14/h1,3-4,6-7,9,13H,2,5,8,10H2,(H,18,19)/t13-/m0/s1. The molecule has 0 saturated carbocycles. The SMILES string of the molecule is Ic1cccc(CNc2nccn3c([C@@H]4CCCO4)nnc23)c1. The van der Waals surface area contributed by atoms with Gasteiger partial charge in [-0.1, -0.05) is 12.1 Å². The summed E-state index contributed by atoms with van der Waals surface area (Å²) >= 11 is 2.32. The molecule has 1 saturated heterocycles. The summed E-state index contributed by atoms with van der Waals surface area (Å²) < 4.78 is 8.91. The summed E-state index contributed by atoms with van der Waals surface area (Å²) in [5, 5.41) is 12.0. The Morgan fingerprint density at radius 1 is 1.35 bits per heavy atom. The van der Waals surface area contributed by atoms with Crippen LogP contribution in [0, 0.1) is 3.57 Å². The summed E-state index contributed by atoms with van der Waals surface area (Å²) in [5.74, 6) is 1.60. The average molecular weight is 421 g/mol. The Hall–Kier alpha value is -1.74. The highest BCUT2D eigenvalue weighted by Crippen LogP contribution is 2.28. The van der Waals surface area contributed by atoms with Crippen molar-refractivity contribution in [1.82, 2.24) is 19.6 Å². The van der Waals surface area contributed by atoms with E-state index in [-0.39, 0.29) is 6.10 Å². The second kappa shape index (κ2) is 6.40. The minimum atomic E-state index is 0.0379. The molecule has 2 aromatic heterocycles. The summed E-state index contributed by atoms with van der Waals surface area (Å²) in [6, 6.07) is 8.38. The molecule has 7 heteroatoms. The second-order valence-electron chi connectivity index (χ2n) is 5.51. The highest BCUT2D eigenvalue weighted by Gasteiger charge is 2.23. The van der Waals surface area contributed by atoms with Crippen LogP contribution in [0.3, 0.4) is 0 Å². The highest BCUT2D eigenvalue weighted by molar-refractivity contribution is 14.1. The van der Waals surface area contributed by atoms with E-state index in [1.807, 2.05) is 10.6 Å². The maximum absolute atomic E-state index is 5.72. The fourth-order valence-corrected chi connectivity index (χ4v) is 3.41. The van der Waals surface area contributed by atoms with E-state index < -0.39 is 0 Å². The summed E-state index contributed by atoms with van der Waals surface area (Å²) in [4.78, 5) is 4.41. The first-order valence-electron chi connectivity index (χ1n) is 7.61. The number of nitrogens with one attached hydrogen (secondary N) is 1. The molecule has 0 spiro atoms. The van der Waals surface area contributed by atoms with E-state index >= 15 is 0 Å². The maximum atomic E-state index is 5.72. The fourth-order valence-electron chi connectivity index (χ4n) is 2.80. The molecule has 118 valence electrons. The first kappa shape index (κ1) is 14.8. The van der Waals surface area contributed by atoms with Gasteiger partial charge in [-0.15, -0.1) is 10.2 Å². The predicted molar refractivity (Wildman–Crippen MR) is 95.2 cm³/mol. The van der Waals surface area contributed by atoms with E-state index in [9.17, 15) is 0 Å². The van der Waals surface area contributed by atoms with Crippen molar-refractivity contribution in [2.24, 2.45) is 0 Å². The number of anilines is 1. The number of rotatable bonds is 4. The summed E-state index contributed by atoms with van der Waals surface area (Å²) in [6.07, 6.45) is 5.77. The lowest BCUT2D eigenvalue weighted by Crippen LogP contribution is -2.06. The van der Waals surface area contributed by atoms with Crippen molar-refractivity contribution in [1.29, 1.82) is 0 Å². The molecule has 3 aromatic rings. The zero-order valence-corrected chi connectivity index (χ0v) is 14.6. The molecule has 3 heterocycles. The van der Waals surface area contributed by atoms with E-state index in [0.29, 0.717) is 6.54 Å². The largest absolute Gasteiger partial charge is 0.370 e. The Morgan fingerprint density at radius 2 is 2.30 bits per heavy atom. The number of benzene rings is 1. The van der Waals surface area contributed by atoms with Crippen LogP contribution in [0.4, 0.5) is 5.82 Å². The van der Waals surface area contributed by atoms with Crippen molar-refractivity contribution < 1.29 is 4.74 Å². The summed E-state index contributed by atoms with van der Waals surface area (Å²) in [5.41, 5.74) is 1.95. The van der Waals surface area contributed by atoms with E-state index in [2.05, 4.69) is 67.4 Å². The van der Waals surface area contributed by atoms with E-state index in [0.717, 1.165) is 36.7 Å². The van der Waals surface area contributed by atoms with Gasteiger partial charge in [-0.2, -0.15) is 0 Å². The summed E-state index contributed by atoms with van der Waals surface area (Å²) in [6.45, 7) is 1.49. The maximum Gasteiger partial charge on any atom is 0.203 e. The van der Waals surface area contributed by atoms with E-state index in [1.165, 1.54) is 9.13 Å². The normalized spacial score (nSPS) is 17.7. The van der Waals surface area contributed by atoms with Crippen LogP contribution in [0.1, 0.15) is 30.3 Å². The van der Waals surface area contributed by atoms with Crippen LogP contribution >= 0.6 is 22.6 Å². The number of halogens is 1. The van der Waals surface area contributed by atoms with Crippen LogP contribution < -0.4 is 5.32 Å². The molecule has 6 nitrogen and oxygen atoms in total. The Balaban J connectivity index is 1.60. The van der Waals surface area contributed by atoms with Gasteiger partial charge in [0.2, 0.25) is 5.65 Å². The Bertz CT molecular complexity index is 828. The third-order valence-electron chi connectivity index (χ3n) is 3.92. The van der Waals surface area contributed by atoms with Gasteiger partial charge in [0.25, 0.3) is 0 Å². The predicted octanol–water partition coefficient (Wildman–Crippen LogP) is 3.19. The van der Waals surface area contributed by atoms with Gasteiger partial charge < -0.3 is 10.1 Å². The lowest BCUT2D eigenvalue weighted by Gasteiger charge is -2.09. The van der Waals surface area contributed by atoms with E-state index in [4.69, 9.17) is 4.74 Å². The molecule has 0 aliphatic carbocycles. The van der Waals surface area contributed by atoms with Gasteiger partial charge in [0.1, 0.15) is 6.10 Å². The molecule has 1 N–H and O–H groups in total. The van der Waals surface area contributed by atoms with E-state index in [1.54, 1.807) is 6.20 Å². The Morgan fingerprint density at radius 3 is 3.13 bits per heavy atom. The van der Waals surface area contributed by atoms with Crippen LogP contribution in [-0.2, 0) is 11.3 Å². The van der Waals surface area contributed by atoms with Crippen molar-refractivity contribution in [2.75, 3.05) is 11.9 Å². The molecular weight excluding hydrogens is 405 g/mol. The first-order chi connectivity index (χ1) is 11.3. The monoisotopic (exact) mass is 421 g/mol. The van der Waals surface area contributed by atoms with Gasteiger partial charge in [0, 0.05) is 29.1 Å². The molecule has 0 amide bonds. The third kappa shape index (κ3) is 3.02. The molecule has 0 radical (unpaired) electrons.